The van der Waals surface area contributed by atoms with E-state index in [9.17, 15) is 5.11 Å². The molecule has 4 rings (SSSR count). The number of hydrogen-bond acceptors (Lipinski definition) is 6. The number of rotatable bonds is 5. The van der Waals surface area contributed by atoms with Crippen molar-refractivity contribution in [3.63, 3.8) is 0 Å². The van der Waals surface area contributed by atoms with Crippen LogP contribution in [-0.2, 0) is 13.0 Å². The van der Waals surface area contributed by atoms with Crippen LogP contribution in [0.5, 0.6) is 5.75 Å². The van der Waals surface area contributed by atoms with Gasteiger partial charge in [0.1, 0.15) is 9.57 Å². The first-order chi connectivity index (χ1) is 13.6. The topological polar surface area (TPSA) is 26.7 Å². The van der Waals surface area contributed by atoms with Crippen LogP contribution >= 0.6 is 32.9 Å². The summed E-state index contributed by atoms with van der Waals surface area (Å²) in [6.45, 7) is 5.04. The molecule has 0 atom stereocenters. The first-order valence-electron chi connectivity index (χ1n) is 9.49. The summed E-state index contributed by atoms with van der Waals surface area (Å²) in [7, 11) is 5.60. The lowest BCUT2D eigenvalue weighted by Crippen LogP contribution is -2.43. The maximum absolute atomic E-state index is 10.4. The van der Waals surface area contributed by atoms with Gasteiger partial charge >= 0.3 is 0 Å². The van der Waals surface area contributed by atoms with Crippen LogP contribution in [0.3, 0.4) is 0 Å². The molecule has 0 amide bonds. The lowest BCUT2D eigenvalue weighted by molar-refractivity contribution is 0.147. The Hall–Kier alpha value is -1.57. The molecule has 1 N–H and O–H groups in total. The lowest BCUT2D eigenvalue weighted by Gasteiger charge is -2.32. The summed E-state index contributed by atoms with van der Waals surface area (Å²) in [6.07, 6.45) is 0.805. The van der Waals surface area contributed by atoms with Crippen molar-refractivity contribution in [2.45, 2.75) is 13.0 Å². The first-order valence-corrected chi connectivity index (χ1v) is 12.0. The van der Waals surface area contributed by atoms with E-state index in [0.29, 0.717) is 5.75 Å². The van der Waals surface area contributed by atoms with Gasteiger partial charge in [0, 0.05) is 50.3 Å². The van der Waals surface area contributed by atoms with Gasteiger partial charge in [0.25, 0.3) is 0 Å². The highest BCUT2D eigenvalue weighted by Gasteiger charge is 2.17. The van der Waals surface area contributed by atoms with Gasteiger partial charge in [-0.05, 0) is 24.2 Å². The predicted octanol–water partition coefficient (Wildman–Crippen LogP) is 5.25. The largest absolute Gasteiger partial charge is 0.508 e. The van der Waals surface area contributed by atoms with Crippen LogP contribution in [0, 0.1) is 3.82 Å². The summed E-state index contributed by atoms with van der Waals surface area (Å²) < 4.78 is 0.970. The average Bonchev–Trinajstić information content (AvgIpc) is 3.07. The average molecular weight is 429 g/mol. The van der Waals surface area contributed by atoms with Gasteiger partial charge in [0.15, 0.2) is 0 Å². The van der Waals surface area contributed by atoms with E-state index in [4.69, 9.17) is 12.2 Å². The van der Waals surface area contributed by atoms with Crippen LogP contribution in [0.4, 0.5) is 0 Å². The minimum atomic E-state index is 0.387. The molecule has 1 aliphatic heterocycles. The molecule has 0 radical (unpaired) electrons. The van der Waals surface area contributed by atoms with Gasteiger partial charge in [-0.2, -0.15) is 0 Å². The molecule has 0 spiro atoms. The number of hydrogen-bond donors (Lipinski definition) is 1. The summed E-state index contributed by atoms with van der Waals surface area (Å²) in [4.78, 5) is 6.03. The molecule has 146 valence electrons. The molecule has 2 aromatic carbocycles. The molecule has 6 heteroatoms. The van der Waals surface area contributed by atoms with Gasteiger partial charge in [0.05, 0.1) is 4.88 Å². The minimum absolute atomic E-state index is 0.387. The highest BCUT2D eigenvalue weighted by atomic mass is 32.9. The van der Waals surface area contributed by atoms with Gasteiger partial charge in [-0.3, -0.25) is 4.90 Å². The molecular formula is C22H24N2OS3. The third kappa shape index (κ3) is 4.53. The Labute approximate surface area is 178 Å². The highest BCUT2D eigenvalue weighted by molar-refractivity contribution is 7.80. The van der Waals surface area contributed by atoms with E-state index < -0.39 is 0 Å². The van der Waals surface area contributed by atoms with E-state index in [1.165, 1.54) is 21.6 Å². The number of phenolic OH excluding ortho intramolecular Hbond substituents is 1. The second-order valence-electron chi connectivity index (χ2n) is 7.35. The standard InChI is InChI=1S/C22H24N2OS3/c1-23-9-11-24(12-10-23)15-18-13-16(7-8-20(18)25)14-19-21(27-28-22(19)26)17-5-3-2-4-6-17/h2-8,13,25H,9-12,14-15H2,1H3. The van der Waals surface area contributed by atoms with Gasteiger partial charge in [0.2, 0.25) is 0 Å². The summed E-state index contributed by atoms with van der Waals surface area (Å²) in [5, 5.41) is 10.4. The van der Waals surface area contributed by atoms with Crippen molar-refractivity contribution < 1.29 is 5.11 Å². The van der Waals surface area contributed by atoms with Crippen molar-refractivity contribution in [1.29, 1.82) is 0 Å². The molecule has 1 fully saturated rings. The Morgan fingerprint density at radius 1 is 1.00 bits per heavy atom. The number of nitrogens with zero attached hydrogens (tertiary/aromatic N) is 2. The van der Waals surface area contributed by atoms with Crippen molar-refractivity contribution >= 4 is 32.9 Å². The third-order valence-corrected chi connectivity index (χ3v) is 8.46. The summed E-state index contributed by atoms with van der Waals surface area (Å²) in [5.41, 5.74) is 4.67. The van der Waals surface area contributed by atoms with Crippen molar-refractivity contribution in [2.75, 3.05) is 33.2 Å². The summed E-state index contributed by atoms with van der Waals surface area (Å²) in [5.74, 6) is 0.387. The fourth-order valence-corrected chi connectivity index (χ4v) is 6.48. The smallest absolute Gasteiger partial charge is 0.120 e. The van der Waals surface area contributed by atoms with E-state index in [2.05, 4.69) is 47.2 Å². The molecule has 1 aliphatic rings. The zero-order valence-corrected chi connectivity index (χ0v) is 18.4. The van der Waals surface area contributed by atoms with Gasteiger partial charge in [-0.25, -0.2) is 0 Å². The number of piperazine rings is 1. The normalized spacial score (nSPS) is 15.8. The van der Waals surface area contributed by atoms with E-state index in [1.54, 1.807) is 20.7 Å². The van der Waals surface area contributed by atoms with Crippen LogP contribution in [0.2, 0.25) is 0 Å². The lowest BCUT2D eigenvalue weighted by atomic mass is 10.0. The first kappa shape index (κ1) is 19.7. The van der Waals surface area contributed by atoms with E-state index in [0.717, 1.165) is 48.5 Å². The van der Waals surface area contributed by atoms with Crippen molar-refractivity contribution in [2.24, 2.45) is 0 Å². The molecule has 28 heavy (non-hydrogen) atoms. The van der Waals surface area contributed by atoms with Crippen LogP contribution < -0.4 is 0 Å². The molecule has 3 nitrogen and oxygen atoms in total. The zero-order chi connectivity index (χ0) is 19.5. The van der Waals surface area contributed by atoms with Crippen molar-refractivity contribution in [3.8, 4) is 16.2 Å². The fraction of sp³-hybridized carbons (Fsp3) is 0.318. The molecule has 0 bridgehead atoms. The molecule has 3 aromatic rings. The zero-order valence-electron chi connectivity index (χ0n) is 15.9. The quantitative estimate of drug-likeness (QED) is 0.443. The second kappa shape index (κ2) is 8.84. The van der Waals surface area contributed by atoms with Crippen molar-refractivity contribution in [3.05, 3.63) is 69.0 Å². The number of phenols is 1. The number of likely N-dealkylation sites (N-methyl/N-ethyl adjacent to an activating group) is 1. The fourth-order valence-electron chi connectivity index (χ4n) is 3.56. The Morgan fingerprint density at radius 3 is 2.50 bits per heavy atom. The Morgan fingerprint density at radius 2 is 1.75 bits per heavy atom. The van der Waals surface area contributed by atoms with E-state index in [1.807, 2.05) is 18.2 Å². The molecule has 0 aliphatic carbocycles. The Bertz CT molecular complexity index is 989. The summed E-state index contributed by atoms with van der Waals surface area (Å²) in [6, 6.07) is 16.5. The van der Waals surface area contributed by atoms with Crippen LogP contribution in [0.25, 0.3) is 10.4 Å². The Balaban J connectivity index is 1.56. The SMILES string of the molecule is CN1CCN(Cc2cc(Cc3c(-c4ccccc4)ssc3=S)ccc2O)CC1. The molecule has 2 heterocycles. The highest BCUT2D eigenvalue weighted by Crippen LogP contribution is 2.36. The van der Waals surface area contributed by atoms with Crippen LogP contribution in [-0.4, -0.2) is 48.1 Å². The molecular weight excluding hydrogens is 404 g/mol. The number of benzene rings is 2. The van der Waals surface area contributed by atoms with Crippen LogP contribution in [0.1, 0.15) is 16.7 Å². The Kier molecular flexibility index (Phi) is 6.23. The van der Waals surface area contributed by atoms with Gasteiger partial charge < -0.3 is 10.0 Å². The van der Waals surface area contributed by atoms with Crippen molar-refractivity contribution in [1.82, 2.24) is 9.80 Å². The van der Waals surface area contributed by atoms with Gasteiger partial charge in [-0.1, -0.05) is 75.4 Å². The number of aromatic hydroxyl groups is 1. The third-order valence-electron chi connectivity index (χ3n) is 5.27. The molecule has 1 saturated heterocycles. The minimum Gasteiger partial charge on any atom is -0.508 e. The maximum Gasteiger partial charge on any atom is 0.120 e. The molecule has 1 aromatic heterocycles. The van der Waals surface area contributed by atoms with E-state index >= 15 is 0 Å². The predicted molar refractivity (Wildman–Crippen MR) is 122 cm³/mol. The second-order valence-corrected chi connectivity index (χ2v) is 10.2. The molecule has 0 unspecified atom stereocenters. The maximum atomic E-state index is 10.4. The van der Waals surface area contributed by atoms with E-state index in [-0.39, 0.29) is 0 Å². The van der Waals surface area contributed by atoms with Gasteiger partial charge in [-0.15, -0.1) is 0 Å². The van der Waals surface area contributed by atoms with Crippen LogP contribution in [0.15, 0.2) is 48.5 Å². The monoisotopic (exact) mass is 428 g/mol. The summed E-state index contributed by atoms with van der Waals surface area (Å²) >= 11 is 5.64. The molecule has 0 saturated carbocycles.